The molecule has 0 unspecified atom stereocenters. The van der Waals surface area contributed by atoms with Gasteiger partial charge in [-0.15, -0.1) is 10.2 Å². The lowest BCUT2D eigenvalue weighted by Gasteiger charge is -2.20. The van der Waals surface area contributed by atoms with Crippen molar-refractivity contribution in [2.45, 2.75) is 40.2 Å². The molecule has 1 N–H and O–H groups in total. The third kappa shape index (κ3) is 4.66. The van der Waals surface area contributed by atoms with E-state index in [1.54, 1.807) is 6.92 Å². The third-order valence-corrected chi connectivity index (χ3v) is 4.28. The van der Waals surface area contributed by atoms with Crippen molar-refractivity contribution in [2.75, 3.05) is 26.2 Å². The lowest BCUT2D eigenvalue weighted by atomic mass is 10.1. The van der Waals surface area contributed by atoms with Gasteiger partial charge < -0.3 is 9.32 Å². The van der Waals surface area contributed by atoms with Crippen LogP contribution in [0.3, 0.4) is 0 Å². The van der Waals surface area contributed by atoms with Crippen LogP contribution < -0.4 is 0 Å². The van der Waals surface area contributed by atoms with Crippen molar-refractivity contribution in [2.24, 2.45) is 5.92 Å². The zero-order valence-corrected chi connectivity index (χ0v) is 15.2. The molecule has 0 aliphatic carbocycles. The van der Waals surface area contributed by atoms with E-state index < -0.39 is 0 Å². The maximum atomic E-state index is 12.7. The largest absolute Gasteiger partial charge is 0.424 e. The summed E-state index contributed by atoms with van der Waals surface area (Å²) in [4.78, 5) is 16.8. The van der Waals surface area contributed by atoms with E-state index in [1.165, 1.54) is 0 Å². The first-order valence-corrected chi connectivity index (χ1v) is 8.86. The van der Waals surface area contributed by atoms with Gasteiger partial charge in [0.2, 0.25) is 11.8 Å². The quantitative estimate of drug-likeness (QED) is 0.885. The average molecular weight is 346 g/mol. The maximum absolute atomic E-state index is 12.7. The van der Waals surface area contributed by atoms with Crippen molar-refractivity contribution in [1.29, 1.82) is 0 Å². The number of hydrogen-bond acceptors (Lipinski definition) is 6. The van der Waals surface area contributed by atoms with E-state index in [9.17, 15) is 4.79 Å². The Balaban J connectivity index is 1.56. The van der Waals surface area contributed by atoms with E-state index in [0.29, 0.717) is 36.5 Å². The molecule has 8 heteroatoms. The number of aryl methyl sites for hydroxylation is 1. The summed E-state index contributed by atoms with van der Waals surface area (Å²) in [6.07, 6.45) is 1.82. The highest BCUT2D eigenvalue weighted by molar-refractivity contribution is 5.92. The summed E-state index contributed by atoms with van der Waals surface area (Å²) in [6.45, 7) is 9.83. The number of rotatable bonds is 5. The Hall–Kier alpha value is -2.22. The van der Waals surface area contributed by atoms with Gasteiger partial charge in [-0.25, -0.2) is 0 Å². The fourth-order valence-corrected chi connectivity index (χ4v) is 3.10. The van der Waals surface area contributed by atoms with Crippen molar-refractivity contribution in [1.82, 2.24) is 30.2 Å². The van der Waals surface area contributed by atoms with E-state index in [-0.39, 0.29) is 5.91 Å². The van der Waals surface area contributed by atoms with Gasteiger partial charge in [0, 0.05) is 38.8 Å². The Morgan fingerprint density at radius 1 is 1.28 bits per heavy atom. The number of carbonyl (C=O) groups excluding carboxylic acids is 1. The van der Waals surface area contributed by atoms with Gasteiger partial charge in [-0.3, -0.25) is 14.8 Å². The summed E-state index contributed by atoms with van der Waals surface area (Å²) in [5.74, 6) is 1.74. The molecule has 0 saturated carbocycles. The van der Waals surface area contributed by atoms with E-state index in [2.05, 4.69) is 39.1 Å². The molecule has 25 heavy (non-hydrogen) atoms. The maximum Gasteiger partial charge on any atom is 0.274 e. The van der Waals surface area contributed by atoms with Gasteiger partial charge in [0.15, 0.2) is 0 Å². The lowest BCUT2D eigenvalue weighted by Crippen LogP contribution is -2.35. The summed E-state index contributed by atoms with van der Waals surface area (Å²) in [6, 6.07) is 1.88. The second kappa shape index (κ2) is 7.77. The van der Waals surface area contributed by atoms with E-state index in [4.69, 9.17) is 4.42 Å². The molecule has 2 aromatic rings. The SMILES string of the molecule is Cc1nnc(CN2CCCN(C(=O)c3cc(CC(C)C)[nH]n3)CC2)o1. The smallest absolute Gasteiger partial charge is 0.274 e. The van der Waals surface area contributed by atoms with Crippen molar-refractivity contribution < 1.29 is 9.21 Å². The minimum absolute atomic E-state index is 0.00161. The second-order valence-corrected chi connectivity index (χ2v) is 7.01. The molecule has 1 saturated heterocycles. The zero-order valence-electron chi connectivity index (χ0n) is 15.2. The number of nitrogens with zero attached hydrogens (tertiary/aromatic N) is 5. The highest BCUT2D eigenvalue weighted by Crippen LogP contribution is 2.12. The zero-order chi connectivity index (χ0) is 17.8. The van der Waals surface area contributed by atoms with Crippen LogP contribution in [0.15, 0.2) is 10.5 Å². The Morgan fingerprint density at radius 3 is 2.84 bits per heavy atom. The van der Waals surface area contributed by atoms with Gasteiger partial charge in [-0.2, -0.15) is 5.10 Å². The van der Waals surface area contributed by atoms with Crippen molar-refractivity contribution in [3.05, 3.63) is 29.2 Å². The third-order valence-electron chi connectivity index (χ3n) is 4.28. The summed E-state index contributed by atoms with van der Waals surface area (Å²) < 4.78 is 5.45. The van der Waals surface area contributed by atoms with Crippen LogP contribution in [0.25, 0.3) is 0 Å². The van der Waals surface area contributed by atoms with Crippen molar-refractivity contribution in [3.63, 3.8) is 0 Å². The van der Waals surface area contributed by atoms with Crippen LogP contribution in [0.1, 0.15) is 48.2 Å². The van der Waals surface area contributed by atoms with Gasteiger partial charge in [-0.1, -0.05) is 13.8 Å². The van der Waals surface area contributed by atoms with Crippen LogP contribution in [-0.4, -0.2) is 62.3 Å². The number of H-pyrrole nitrogens is 1. The van der Waals surface area contributed by atoms with Crippen LogP contribution in [-0.2, 0) is 13.0 Å². The van der Waals surface area contributed by atoms with Gasteiger partial charge in [0.1, 0.15) is 5.69 Å². The highest BCUT2D eigenvalue weighted by Gasteiger charge is 2.23. The first-order valence-electron chi connectivity index (χ1n) is 8.86. The highest BCUT2D eigenvalue weighted by atomic mass is 16.4. The molecule has 8 nitrogen and oxygen atoms in total. The van der Waals surface area contributed by atoms with Gasteiger partial charge >= 0.3 is 0 Å². The number of hydrogen-bond donors (Lipinski definition) is 1. The molecule has 3 heterocycles. The molecule has 0 radical (unpaired) electrons. The Labute approximate surface area is 147 Å². The second-order valence-electron chi connectivity index (χ2n) is 7.01. The van der Waals surface area contributed by atoms with E-state index in [1.807, 2.05) is 11.0 Å². The lowest BCUT2D eigenvalue weighted by molar-refractivity contribution is 0.0754. The van der Waals surface area contributed by atoms with Crippen LogP contribution in [0.2, 0.25) is 0 Å². The molecular weight excluding hydrogens is 320 g/mol. The van der Waals surface area contributed by atoms with Crippen LogP contribution in [0.5, 0.6) is 0 Å². The molecule has 1 aliphatic rings. The molecule has 136 valence electrons. The summed E-state index contributed by atoms with van der Waals surface area (Å²) >= 11 is 0. The summed E-state index contributed by atoms with van der Waals surface area (Å²) in [5, 5.41) is 15.1. The summed E-state index contributed by atoms with van der Waals surface area (Å²) in [5.41, 5.74) is 1.53. The molecule has 0 bridgehead atoms. The number of amides is 1. The van der Waals surface area contributed by atoms with Gasteiger partial charge in [0.25, 0.3) is 5.91 Å². The number of aromatic amines is 1. The fraction of sp³-hybridized carbons (Fsp3) is 0.647. The number of carbonyl (C=O) groups is 1. The number of nitrogens with one attached hydrogen (secondary N) is 1. The van der Waals surface area contributed by atoms with Crippen LogP contribution in [0.4, 0.5) is 0 Å². The van der Waals surface area contributed by atoms with E-state index in [0.717, 1.165) is 38.2 Å². The molecule has 3 rings (SSSR count). The molecule has 0 aromatic carbocycles. The topological polar surface area (TPSA) is 91.2 Å². The molecule has 0 spiro atoms. The van der Waals surface area contributed by atoms with Gasteiger partial charge in [-0.05, 0) is 24.8 Å². The van der Waals surface area contributed by atoms with Crippen LogP contribution >= 0.6 is 0 Å². The first kappa shape index (κ1) is 17.6. The predicted octanol–water partition coefficient (Wildman–Crippen LogP) is 1.65. The minimum Gasteiger partial charge on any atom is -0.424 e. The predicted molar refractivity (Wildman–Crippen MR) is 92.0 cm³/mol. The minimum atomic E-state index is 0.00161. The first-order chi connectivity index (χ1) is 12.0. The Kier molecular flexibility index (Phi) is 5.47. The molecule has 2 aromatic heterocycles. The molecular formula is C17H26N6O2. The van der Waals surface area contributed by atoms with E-state index >= 15 is 0 Å². The fourth-order valence-electron chi connectivity index (χ4n) is 3.10. The molecule has 0 atom stereocenters. The number of aromatic nitrogens is 4. The Bertz CT molecular complexity index is 708. The Morgan fingerprint density at radius 2 is 2.12 bits per heavy atom. The monoisotopic (exact) mass is 346 g/mol. The average Bonchev–Trinajstić information content (AvgIpc) is 3.11. The summed E-state index contributed by atoms with van der Waals surface area (Å²) in [7, 11) is 0. The molecule has 1 fully saturated rings. The van der Waals surface area contributed by atoms with Gasteiger partial charge in [0.05, 0.1) is 6.54 Å². The molecule has 1 aliphatic heterocycles. The normalized spacial score (nSPS) is 16.4. The van der Waals surface area contributed by atoms with Crippen molar-refractivity contribution in [3.8, 4) is 0 Å². The van der Waals surface area contributed by atoms with Crippen LogP contribution in [0, 0.1) is 12.8 Å². The van der Waals surface area contributed by atoms with Crippen molar-refractivity contribution >= 4 is 5.91 Å². The molecule has 1 amide bonds. The standard InChI is InChI=1S/C17H26N6O2/c1-12(2)9-14-10-15(20-19-14)17(24)23-6-4-5-22(7-8-23)11-16-21-18-13(3)25-16/h10,12H,4-9,11H2,1-3H3,(H,19,20).